The molecule has 2 unspecified atom stereocenters. The number of carbonyl (C=O) groups is 2. The van der Waals surface area contributed by atoms with Crippen molar-refractivity contribution in [2.45, 2.75) is 24.8 Å². The Labute approximate surface area is 115 Å². The van der Waals surface area contributed by atoms with Crippen LogP contribution in [0.25, 0.3) is 0 Å². The van der Waals surface area contributed by atoms with Gasteiger partial charge in [0.25, 0.3) is 0 Å². The van der Waals surface area contributed by atoms with E-state index in [1.54, 1.807) is 17.9 Å². The first-order valence-corrected chi connectivity index (χ1v) is 7.00. The van der Waals surface area contributed by atoms with Crippen LogP contribution in [0.5, 0.6) is 0 Å². The molecule has 1 aliphatic heterocycles. The number of urea groups is 1. The summed E-state index contributed by atoms with van der Waals surface area (Å²) in [5.41, 5.74) is 0.559. The lowest BCUT2D eigenvalue weighted by atomic mass is 10.3. The van der Waals surface area contributed by atoms with Crippen molar-refractivity contribution >= 4 is 29.4 Å². The Hall–Kier alpha value is -1.70. The number of carbonyl (C=O) groups excluding carboxylic acids is 1. The highest BCUT2D eigenvalue weighted by Gasteiger charge is 2.40. The zero-order valence-electron chi connectivity index (χ0n) is 10.7. The molecule has 0 spiro atoms. The summed E-state index contributed by atoms with van der Waals surface area (Å²) < 4.78 is 1.57. The van der Waals surface area contributed by atoms with Crippen LogP contribution < -0.4 is 5.32 Å². The number of nitrogens with one attached hydrogen (secondary N) is 1. The van der Waals surface area contributed by atoms with Gasteiger partial charge in [0.1, 0.15) is 6.04 Å². The van der Waals surface area contributed by atoms with Crippen molar-refractivity contribution in [1.82, 2.24) is 14.7 Å². The molecule has 1 aromatic heterocycles. The molecular weight excluding hydrogens is 268 g/mol. The highest BCUT2D eigenvalue weighted by molar-refractivity contribution is 8.00. The molecule has 7 nitrogen and oxygen atoms in total. The standard InChI is InChI=1S/C11H16N4O3S/c1-3-9-15(8(6-19-9)10(16)17)11(18)13-7-4-12-14(2)5-7/h4-5,8-9H,3,6H2,1-2H3,(H,13,18)(H,16,17). The monoisotopic (exact) mass is 284 g/mol. The number of aliphatic carboxylic acids is 1. The van der Waals surface area contributed by atoms with E-state index in [2.05, 4.69) is 10.4 Å². The van der Waals surface area contributed by atoms with Gasteiger partial charge in [-0.1, -0.05) is 6.92 Å². The second-order valence-corrected chi connectivity index (χ2v) is 5.50. The topological polar surface area (TPSA) is 87.5 Å². The Morgan fingerprint density at radius 3 is 2.89 bits per heavy atom. The van der Waals surface area contributed by atoms with E-state index in [1.807, 2.05) is 6.92 Å². The van der Waals surface area contributed by atoms with E-state index in [-0.39, 0.29) is 5.37 Å². The van der Waals surface area contributed by atoms with Gasteiger partial charge in [-0.2, -0.15) is 5.10 Å². The van der Waals surface area contributed by atoms with E-state index in [1.165, 1.54) is 22.9 Å². The number of thioether (sulfide) groups is 1. The molecule has 0 aromatic carbocycles. The molecule has 0 radical (unpaired) electrons. The summed E-state index contributed by atoms with van der Waals surface area (Å²) in [7, 11) is 1.75. The molecule has 2 N–H and O–H groups in total. The Bertz CT molecular complexity index is 490. The maximum absolute atomic E-state index is 12.2. The van der Waals surface area contributed by atoms with Crippen LogP contribution >= 0.6 is 11.8 Å². The lowest BCUT2D eigenvalue weighted by Gasteiger charge is -2.26. The van der Waals surface area contributed by atoms with Crippen LogP contribution in [0.3, 0.4) is 0 Å². The Kier molecular flexibility index (Phi) is 3.98. The lowest BCUT2D eigenvalue weighted by Crippen LogP contribution is -2.47. The summed E-state index contributed by atoms with van der Waals surface area (Å²) in [6, 6.07) is -1.16. The van der Waals surface area contributed by atoms with E-state index in [0.717, 1.165) is 6.42 Å². The molecule has 8 heteroatoms. The molecule has 2 heterocycles. The Morgan fingerprint density at radius 2 is 2.37 bits per heavy atom. The van der Waals surface area contributed by atoms with Gasteiger partial charge in [-0.15, -0.1) is 11.8 Å². The third kappa shape index (κ3) is 2.83. The second-order valence-electron chi connectivity index (χ2n) is 4.29. The van der Waals surface area contributed by atoms with Gasteiger partial charge >= 0.3 is 12.0 Å². The minimum absolute atomic E-state index is 0.0993. The number of carboxylic acid groups (broad SMARTS) is 1. The van der Waals surface area contributed by atoms with Crippen molar-refractivity contribution in [1.29, 1.82) is 0 Å². The maximum atomic E-state index is 12.2. The summed E-state index contributed by atoms with van der Waals surface area (Å²) in [6.45, 7) is 1.94. The normalized spacial score (nSPS) is 22.5. The highest BCUT2D eigenvalue weighted by atomic mass is 32.2. The van der Waals surface area contributed by atoms with Crippen molar-refractivity contribution in [2.75, 3.05) is 11.1 Å². The van der Waals surface area contributed by atoms with Crippen LogP contribution in [-0.4, -0.2) is 49.0 Å². The zero-order chi connectivity index (χ0) is 14.0. The molecule has 1 saturated heterocycles. The summed E-state index contributed by atoms with van der Waals surface area (Å²) in [4.78, 5) is 24.8. The number of carboxylic acids is 1. The van der Waals surface area contributed by atoms with Gasteiger partial charge in [0.2, 0.25) is 0 Å². The number of aromatic nitrogens is 2. The van der Waals surface area contributed by atoms with Gasteiger partial charge < -0.3 is 10.4 Å². The average Bonchev–Trinajstić information content (AvgIpc) is 2.94. The highest BCUT2D eigenvalue weighted by Crippen LogP contribution is 2.31. The van der Waals surface area contributed by atoms with Crippen LogP contribution in [-0.2, 0) is 11.8 Å². The van der Waals surface area contributed by atoms with E-state index < -0.39 is 18.0 Å². The minimum atomic E-state index is -0.968. The fourth-order valence-corrected chi connectivity index (χ4v) is 3.36. The molecule has 2 amide bonds. The molecular formula is C11H16N4O3S. The zero-order valence-corrected chi connectivity index (χ0v) is 11.6. The largest absolute Gasteiger partial charge is 0.480 e. The van der Waals surface area contributed by atoms with Crippen LogP contribution in [0.2, 0.25) is 0 Å². The summed E-state index contributed by atoms with van der Waals surface area (Å²) in [5, 5.41) is 15.7. The van der Waals surface area contributed by atoms with Crippen LogP contribution in [0.15, 0.2) is 12.4 Å². The SMILES string of the molecule is CCC1SCC(C(=O)O)N1C(=O)Nc1cnn(C)c1. The number of hydrogen-bond acceptors (Lipinski definition) is 4. The lowest BCUT2D eigenvalue weighted by molar-refractivity contribution is -0.141. The van der Waals surface area contributed by atoms with Gasteiger partial charge in [-0.25, -0.2) is 9.59 Å². The van der Waals surface area contributed by atoms with Crippen molar-refractivity contribution in [3.63, 3.8) is 0 Å². The summed E-state index contributed by atoms with van der Waals surface area (Å²) in [6.07, 6.45) is 3.91. The molecule has 19 heavy (non-hydrogen) atoms. The Morgan fingerprint density at radius 1 is 1.63 bits per heavy atom. The van der Waals surface area contributed by atoms with Crippen LogP contribution in [0.4, 0.5) is 10.5 Å². The van der Waals surface area contributed by atoms with Crippen molar-refractivity contribution in [3.8, 4) is 0 Å². The van der Waals surface area contributed by atoms with Crippen molar-refractivity contribution in [2.24, 2.45) is 7.05 Å². The van der Waals surface area contributed by atoms with Crippen molar-refractivity contribution in [3.05, 3.63) is 12.4 Å². The first kappa shape index (κ1) is 13.7. The second kappa shape index (κ2) is 5.52. The number of aryl methyl sites for hydroxylation is 1. The Balaban J connectivity index is 2.12. The predicted octanol–water partition coefficient (Wildman–Crippen LogP) is 1.19. The minimum Gasteiger partial charge on any atom is -0.480 e. The fourth-order valence-electron chi connectivity index (χ4n) is 2.01. The molecule has 1 aliphatic rings. The number of nitrogens with zero attached hydrogens (tertiary/aromatic N) is 3. The number of amides is 2. The number of anilines is 1. The summed E-state index contributed by atoms with van der Waals surface area (Å²) >= 11 is 1.49. The average molecular weight is 284 g/mol. The molecule has 104 valence electrons. The predicted molar refractivity (Wildman–Crippen MR) is 72.0 cm³/mol. The van der Waals surface area contributed by atoms with E-state index in [0.29, 0.717) is 11.4 Å². The first-order valence-electron chi connectivity index (χ1n) is 5.95. The number of hydrogen-bond donors (Lipinski definition) is 2. The molecule has 0 bridgehead atoms. The smallest absolute Gasteiger partial charge is 0.327 e. The molecule has 1 aromatic rings. The van der Waals surface area contributed by atoms with Crippen molar-refractivity contribution < 1.29 is 14.7 Å². The molecule has 2 rings (SSSR count). The van der Waals surface area contributed by atoms with E-state index in [9.17, 15) is 9.59 Å². The van der Waals surface area contributed by atoms with Gasteiger partial charge in [0, 0.05) is 19.0 Å². The van der Waals surface area contributed by atoms with Gasteiger partial charge in [0.05, 0.1) is 17.3 Å². The van der Waals surface area contributed by atoms with Gasteiger partial charge in [0.15, 0.2) is 0 Å². The van der Waals surface area contributed by atoms with Crippen LogP contribution in [0.1, 0.15) is 13.3 Å². The van der Waals surface area contributed by atoms with Crippen LogP contribution in [0, 0.1) is 0 Å². The van der Waals surface area contributed by atoms with E-state index in [4.69, 9.17) is 5.11 Å². The molecule has 0 aliphatic carbocycles. The molecule has 0 saturated carbocycles. The third-order valence-electron chi connectivity index (χ3n) is 2.92. The van der Waals surface area contributed by atoms with Gasteiger partial charge in [-0.05, 0) is 6.42 Å². The molecule has 2 atom stereocenters. The quantitative estimate of drug-likeness (QED) is 0.870. The first-order chi connectivity index (χ1) is 9.02. The molecule has 1 fully saturated rings. The van der Waals surface area contributed by atoms with Gasteiger partial charge in [-0.3, -0.25) is 9.58 Å². The summed E-state index contributed by atoms with van der Waals surface area (Å²) in [5.74, 6) is -0.543. The fraction of sp³-hybridized carbons (Fsp3) is 0.545. The number of rotatable bonds is 3. The van der Waals surface area contributed by atoms with E-state index >= 15 is 0 Å². The maximum Gasteiger partial charge on any atom is 0.327 e. The third-order valence-corrected chi connectivity index (χ3v) is 4.37.